The van der Waals surface area contributed by atoms with Crippen LogP contribution >= 0.6 is 0 Å². The number of nitrogens with zero attached hydrogens (tertiary/aromatic N) is 2. The summed E-state index contributed by atoms with van der Waals surface area (Å²) in [6.07, 6.45) is 4.18. The summed E-state index contributed by atoms with van der Waals surface area (Å²) in [6.45, 7) is 0.427. The van der Waals surface area contributed by atoms with Gasteiger partial charge in [-0.15, -0.1) is 0 Å². The fourth-order valence-corrected chi connectivity index (χ4v) is 2.12. The van der Waals surface area contributed by atoms with E-state index in [1.54, 1.807) is 0 Å². The van der Waals surface area contributed by atoms with Crippen LogP contribution in [0.2, 0.25) is 0 Å². The lowest BCUT2D eigenvalue weighted by Crippen LogP contribution is -2.24. The van der Waals surface area contributed by atoms with Crippen LogP contribution in [-0.4, -0.2) is 22.8 Å². The van der Waals surface area contributed by atoms with Crippen LogP contribution in [0.25, 0.3) is 0 Å². The van der Waals surface area contributed by atoms with Crippen LogP contribution in [0.5, 0.6) is 0 Å². The number of methoxy groups -OCH3 is 1. The zero-order valence-electron chi connectivity index (χ0n) is 9.75. The molecule has 0 fully saturated rings. The van der Waals surface area contributed by atoms with Crippen molar-refractivity contribution in [1.29, 1.82) is 0 Å². The van der Waals surface area contributed by atoms with Crippen molar-refractivity contribution in [3.05, 3.63) is 17.2 Å². The minimum Gasteiger partial charge on any atom is -0.453 e. The monoisotopic (exact) mass is 223 g/mol. The Kier molecular flexibility index (Phi) is 3.12. The predicted octanol–water partition coefficient (Wildman–Crippen LogP) is 1.15. The number of aromatic nitrogens is 2. The number of aryl methyl sites for hydroxylation is 1. The minimum absolute atomic E-state index is 0.416. The van der Waals surface area contributed by atoms with Crippen LogP contribution in [-0.2, 0) is 31.2 Å². The Morgan fingerprint density at radius 2 is 2.25 bits per heavy atom. The Balaban J connectivity index is 2.10. The average Bonchev–Trinajstić information content (AvgIpc) is 2.64. The Bertz CT molecular complexity index is 398. The molecule has 0 bridgehead atoms. The Morgan fingerprint density at radius 1 is 1.50 bits per heavy atom. The van der Waals surface area contributed by atoms with E-state index in [-0.39, 0.29) is 0 Å². The number of fused-ring (bicyclic) bond motifs is 1. The smallest absolute Gasteiger partial charge is 0.407 e. The molecule has 0 saturated heterocycles. The van der Waals surface area contributed by atoms with E-state index < -0.39 is 6.09 Å². The molecule has 1 amide bonds. The summed E-state index contributed by atoms with van der Waals surface area (Å²) in [6, 6.07) is 0. The van der Waals surface area contributed by atoms with E-state index >= 15 is 0 Å². The van der Waals surface area contributed by atoms with Crippen LogP contribution < -0.4 is 5.32 Å². The highest BCUT2D eigenvalue weighted by atomic mass is 16.5. The average molecular weight is 223 g/mol. The number of alkyl carbamates (subject to hydrolysis) is 1. The van der Waals surface area contributed by atoms with E-state index in [1.807, 2.05) is 7.05 Å². The zero-order valence-corrected chi connectivity index (χ0v) is 9.75. The molecule has 0 aromatic carbocycles. The van der Waals surface area contributed by atoms with Crippen LogP contribution in [0.4, 0.5) is 4.79 Å². The molecule has 0 saturated carbocycles. The van der Waals surface area contributed by atoms with Crippen molar-refractivity contribution in [1.82, 2.24) is 14.9 Å². The quantitative estimate of drug-likeness (QED) is 0.818. The Hall–Kier alpha value is -1.52. The van der Waals surface area contributed by atoms with Crippen LogP contribution in [0.15, 0.2) is 0 Å². The number of carbonyl (C=O) groups excluding carboxylic acids is 1. The van der Waals surface area contributed by atoms with Gasteiger partial charge < -0.3 is 14.6 Å². The van der Waals surface area contributed by atoms with Gasteiger partial charge in [0.05, 0.1) is 19.3 Å². The molecule has 0 atom stereocenters. The molecule has 1 N–H and O–H groups in total. The van der Waals surface area contributed by atoms with Gasteiger partial charge in [-0.25, -0.2) is 9.78 Å². The predicted molar refractivity (Wildman–Crippen MR) is 59.1 cm³/mol. The molecular formula is C11H17N3O2. The van der Waals surface area contributed by atoms with E-state index in [0.717, 1.165) is 18.7 Å². The normalized spacial score (nSPS) is 14.4. The van der Waals surface area contributed by atoms with Crippen molar-refractivity contribution in [2.75, 3.05) is 7.11 Å². The molecule has 5 heteroatoms. The van der Waals surface area contributed by atoms with E-state index in [1.165, 1.54) is 31.3 Å². The van der Waals surface area contributed by atoms with Crippen molar-refractivity contribution in [2.24, 2.45) is 7.05 Å². The summed E-state index contributed by atoms with van der Waals surface area (Å²) >= 11 is 0. The molecule has 88 valence electrons. The summed E-state index contributed by atoms with van der Waals surface area (Å²) in [7, 11) is 3.37. The van der Waals surface area contributed by atoms with E-state index in [9.17, 15) is 4.79 Å². The molecule has 0 spiro atoms. The molecule has 0 radical (unpaired) electrons. The molecule has 1 aliphatic carbocycles. The second-order valence-corrected chi connectivity index (χ2v) is 4.03. The lowest BCUT2D eigenvalue weighted by molar-refractivity contribution is 0.170. The van der Waals surface area contributed by atoms with Gasteiger partial charge >= 0.3 is 6.09 Å². The number of rotatable bonds is 2. The van der Waals surface area contributed by atoms with Gasteiger partial charge in [0.1, 0.15) is 5.82 Å². The molecule has 2 rings (SSSR count). The third-order valence-electron chi connectivity index (χ3n) is 3.04. The van der Waals surface area contributed by atoms with Gasteiger partial charge in [0.25, 0.3) is 0 Å². The van der Waals surface area contributed by atoms with Crippen molar-refractivity contribution < 1.29 is 9.53 Å². The maximum atomic E-state index is 11.0. The maximum Gasteiger partial charge on any atom is 0.407 e. The van der Waals surface area contributed by atoms with Gasteiger partial charge in [-0.3, -0.25) is 0 Å². The number of carbonyl (C=O) groups is 1. The van der Waals surface area contributed by atoms with Gasteiger partial charge in [0, 0.05) is 12.7 Å². The molecule has 0 aliphatic heterocycles. The van der Waals surface area contributed by atoms with E-state index in [2.05, 4.69) is 19.6 Å². The highest BCUT2D eigenvalue weighted by Gasteiger charge is 2.17. The fourth-order valence-electron chi connectivity index (χ4n) is 2.12. The third kappa shape index (κ3) is 2.03. The summed E-state index contributed by atoms with van der Waals surface area (Å²) < 4.78 is 6.61. The molecule has 5 nitrogen and oxygen atoms in total. The number of hydrogen-bond donors (Lipinski definition) is 1. The minimum atomic E-state index is -0.416. The van der Waals surface area contributed by atoms with Crippen molar-refractivity contribution >= 4 is 6.09 Å². The first-order valence-corrected chi connectivity index (χ1v) is 5.57. The second kappa shape index (κ2) is 4.55. The van der Waals surface area contributed by atoms with E-state index in [0.29, 0.717) is 6.54 Å². The molecule has 1 aromatic rings. The molecule has 1 heterocycles. The molecule has 0 unspecified atom stereocenters. The largest absolute Gasteiger partial charge is 0.453 e. The third-order valence-corrected chi connectivity index (χ3v) is 3.04. The van der Waals surface area contributed by atoms with Crippen molar-refractivity contribution in [3.63, 3.8) is 0 Å². The molecule has 1 aromatic heterocycles. The first-order chi connectivity index (χ1) is 7.72. The molecule has 1 aliphatic rings. The summed E-state index contributed by atoms with van der Waals surface area (Å²) in [5.74, 6) is 0.900. The second-order valence-electron chi connectivity index (χ2n) is 4.03. The first kappa shape index (κ1) is 11.0. The Morgan fingerprint density at radius 3 is 2.94 bits per heavy atom. The number of nitrogens with one attached hydrogen (secondary N) is 1. The number of amides is 1. The topological polar surface area (TPSA) is 56.1 Å². The Labute approximate surface area is 94.8 Å². The molecular weight excluding hydrogens is 206 g/mol. The van der Waals surface area contributed by atoms with Gasteiger partial charge in [-0.2, -0.15) is 0 Å². The maximum absolute atomic E-state index is 11.0. The SMILES string of the molecule is COC(=O)NCc1nc2c(n1C)CCCC2. The first-order valence-electron chi connectivity index (χ1n) is 5.57. The number of imidazole rings is 1. The van der Waals surface area contributed by atoms with Crippen molar-refractivity contribution in [3.8, 4) is 0 Å². The summed E-state index contributed by atoms with van der Waals surface area (Å²) in [5, 5.41) is 2.65. The van der Waals surface area contributed by atoms with E-state index in [4.69, 9.17) is 0 Å². The highest BCUT2D eigenvalue weighted by Crippen LogP contribution is 2.20. The lowest BCUT2D eigenvalue weighted by Gasteiger charge is -2.11. The summed E-state index contributed by atoms with van der Waals surface area (Å²) in [5.41, 5.74) is 2.50. The standard InChI is InChI=1S/C11H17N3O2/c1-14-9-6-4-3-5-8(9)13-10(14)7-12-11(15)16-2/h3-7H2,1-2H3,(H,12,15). The van der Waals surface area contributed by atoms with Gasteiger partial charge in [0.2, 0.25) is 0 Å². The van der Waals surface area contributed by atoms with Crippen molar-refractivity contribution in [2.45, 2.75) is 32.2 Å². The van der Waals surface area contributed by atoms with Crippen LogP contribution in [0, 0.1) is 0 Å². The fraction of sp³-hybridized carbons (Fsp3) is 0.636. The molecule has 16 heavy (non-hydrogen) atoms. The van der Waals surface area contributed by atoms with Gasteiger partial charge in [-0.1, -0.05) is 0 Å². The zero-order chi connectivity index (χ0) is 11.5. The number of hydrogen-bond acceptors (Lipinski definition) is 3. The highest BCUT2D eigenvalue weighted by molar-refractivity contribution is 5.66. The number of ether oxygens (including phenoxy) is 1. The van der Waals surface area contributed by atoms with Gasteiger partial charge in [-0.05, 0) is 25.7 Å². The lowest BCUT2D eigenvalue weighted by atomic mass is 10.0. The van der Waals surface area contributed by atoms with Gasteiger partial charge in [0.15, 0.2) is 0 Å². The summed E-state index contributed by atoms with van der Waals surface area (Å²) in [4.78, 5) is 15.5. The van der Waals surface area contributed by atoms with Crippen LogP contribution in [0.3, 0.4) is 0 Å². The van der Waals surface area contributed by atoms with Crippen LogP contribution in [0.1, 0.15) is 30.1 Å².